The quantitative estimate of drug-likeness (QED) is 0.517. The fourth-order valence-corrected chi connectivity index (χ4v) is 0.810. The van der Waals surface area contributed by atoms with Crippen molar-refractivity contribution in [2.45, 2.75) is 0 Å². The molecule has 0 fully saturated rings. The average Bonchev–Trinajstić information content (AvgIpc) is 2.33. The summed E-state index contributed by atoms with van der Waals surface area (Å²) in [7, 11) is 1.70. The van der Waals surface area contributed by atoms with Gasteiger partial charge >= 0.3 is 51.8 Å². The zero-order valence-corrected chi connectivity index (χ0v) is 4.74. The van der Waals surface area contributed by atoms with Crippen LogP contribution in [0.2, 0.25) is 0 Å². The number of benzene rings is 1. The van der Waals surface area contributed by atoms with Gasteiger partial charge in [0.05, 0.1) is 0 Å². The molecule has 1 heterocycles. The number of nitrogens with zero attached hydrogens (tertiary/aromatic N) is 1. The first-order valence-electron chi connectivity index (χ1n) is 2.76. The molecule has 2 nitrogen and oxygen atoms in total. The molecule has 2 aromatic rings. The molecule has 3 heteroatoms. The molecule has 9 heavy (non-hydrogen) atoms. The molecule has 0 spiro atoms. The van der Waals surface area contributed by atoms with Crippen molar-refractivity contribution in [3.8, 4) is 0 Å². The van der Waals surface area contributed by atoms with E-state index in [-0.39, 0.29) is 0 Å². The van der Waals surface area contributed by atoms with Crippen molar-refractivity contribution >= 4 is 17.9 Å². The van der Waals surface area contributed by atoms with E-state index in [0.29, 0.717) is 0 Å². The molecule has 0 unspecified atom stereocenters. The van der Waals surface area contributed by atoms with Crippen molar-refractivity contribution in [2.75, 3.05) is 0 Å². The third-order valence-electron chi connectivity index (χ3n) is 1.26. The first kappa shape index (κ1) is 4.73. The summed E-state index contributed by atoms with van der Waals surface area (Å²) >= 11 is 0. The van der Waals surface area contributed by atoms with Crippen molar-refractivity contribution in [1.82, 2.24) is 5.06 Å². The van der Waals surface area contributed by atoms with Gasteiger partial charge in [-0.15, -0.1) is 0 Å². The molecule has 0 saturated heterocycles. The average molecular weight is 117 g/mol. The fourth-order valence-electron chi connectivity index (χ4n) is 0.810. The van der Waals surface area contributed by atoms with Gasteiger partial charge in [0.25, 0.3) is 0 Å². The molecule has 1 aromatic carbocycles. The van der Waals surface area contributed by atoms with Crippen molar-refractivity contribution < 1.29 is 4.52 Å². The molecule has 1 aromatic heterocycles. The molecule has 0 aliphatic heterocycles. The van der Waals surface area contributed by atoms with Crippen LogP contribution < -0.4 is 0 Å². The van der Waals surface area contributed by atoms with E-state index >= 15 is 0 Å². The summed E-state index contributed by atoms with van der Waals surface area (Å²) in [6.45, 7) is 0. The first-order valence-corrected chi connectivity index (χ1v) is 2.76. The molecule has 0 radical (unpaired) electrons. The molecular formula is C6H4BNO. The van der Waals surface area contributed by atoms with E-state index in [2.05, 4.69) is 5.06 Å². The Morgan fingerprint density at radius 1 is 1.33 bits per heavy atom. The summed E-state index contributed by atoms with van der Waals surface area (Å²) in [5.74, 6) is 0. The molecule has 0 aliphatic carbocycles. The summed E-state index contributed by atoms with van der Waals surface area (Å²) in [5, 5.41) is 4.68. The number of para-hydroxylation sites is 1. The Kier molecular flexibility index (Phi) is 0.888. The topological polar surface area (TPSA) is 26.0 Å². The van der Waals surface area contributed by atoms with Gasteiger partial charge in [-0.2, -0.15) is 0 Å². The van der Waals surface area contributed by atoms with E-state index in [9.17, 15) is 0 Å². The zero-order chi connectivity index (χ0) is 6.10. The number of hydrogen-bond donors (Lipinski definition) is 0. The Hall–Kier alpha value is -1.12. The van der Waals surface area contributed by atoms with Gasteiger partial charge < -0.3 is 0 Å². The minimum absolute atomic E-state index is 0.845. The predicted octanol–water partition coefficient (Wildman–Crippen LogP) is 1.17. The molecular weight excluding hydrogens is 113 g/mol. The predicted molar refractivity (Wildman–Crippen MR) is 35.4 cm³/mol. The van der Waals surface area contributed by atoms with Crippen LogP contribution in [0.5, 0.6) is 0 Å². The van der Waals surface area contributed by atoms with Gasteiger partial charge in [0.2, 0.25) is 0 Å². The number of fused-ring (bicyclic) bond motifs is 1. The van der Waals surface area contributed by atoms with E-state index in [0.717, 1.165) is 10.9 Å². The minimum atomic E-state index is 0.845. The molecule has 42 valence electrons. The van der Waals surface area contributed by atoms with Gasteiger partial charge in [-0.1, -0.05) is 0 Å². The molecule has 0 bridgehead atoms. The van der Waals surface area contributed by atoms with Crippen molar-refractivity contribution in [2.24, 2.45) is 0 Å². The molecule has 0 saturated carbocycles. The van der Waals surface area contributed by atoms with E-state index in [1.807, 2.05) is 24.3 Å². The van der Waals surface area contributed by atoms with Crippen LogP contribution in [-0.2, 0) is 0 Å². The first-order chi connectivity index (χ1) is 4.47. The van der Waals surface area contributed by atoms with Gasteiger partial charge in [-0.25, -0.2) is 0 Å². The van der Waals surface area contributed by atoms with Crippen LogP contribution in [0.1, 0.15) is 0 Å². The van der Waals surface area contributed by atoms with E-state index in [1.165, 1.54) is 0 Å². The Morgan fingerprint density at radius 3 is 3.11 bits per heavy atom. The second-order valence-electron chi connectivity index (χ2n) is 1.86. The number of hydrogen-bond acceptors (Lipinski definition) is 2. The Balaban J connectivity index is 2.95. The van der Waals surface area contributed by atoms with Crippen LogP contribution >= 0.6 is 0 Å². The van der Waals surface area contributed by atoms with E-state index < -0.39 is 0 Å². The molecule has 0 aliphatic rings. The summed E-state index contributed by atoms with van der Waals surface area (Å²) in [5.41, 5.74) is 0.845. The normalized spacial score (nSPS) is 9.78. The second-order valence-corrected chi connectivity index (χ2v) is 1.86. The molecule has 0 amide bonds. The second kappa shape index (κ2) is 1.69. The van der Waals surface area contributed by atoms with Crippen LogP contribution in [-0.4, -0.2) is 12.1 Å². The van der Waals surface area contributed by atoms with Crippen molar-refractivity contribution in [3.05, 3.63) is 24.3 Å². The summed E-state index contributed by atoms with van der Waals surface area (Å²) < 4.78 is 4.87. The summed E-state index contributed by atoms with van der Waals surface area (Å²) in [6.07, 6.45) is 0. The van der Waals surface area contributed by atoms with Crippen molar-refractivity contribution in [3.63, 3.8) is 0 Å². The van der Waals surface area contributed by atoms with Gasteiger partial charge in [0.15, 0.2) is 0 Å². The number of aromatic nitrogens is 1. The van der Waals surface area contributed by atoms with E-state index in [1.54, 1.807) is 7.05 Å². The van der Waals surface area contributed by atoms with Crippen LogP contribution in [0, 0.1) is 0 Å². The van der Waals surface area contributed by atoms with E-state index in [4.69, 9.17) is 4.52 Å². The molecule has 0 N–H and O–H groups in total. The number of rotatable bonds is 0. The Morgan fingerprint density at radius 2 is 2.22 bits per heavy atom. The van der Waals surface area contributed by atoms with Crippen LogP contribution in [0.25, 0.3) is 10.9 Å². The maximum atomic E-state index is 4.87. The van der Waals surface area contributed by atoms with Gasteiger partial charge in [-0.05, 0) is 0 Å². The summed E-state index contributed by atoms with van der Waals surface area (Å²) in [6, 6.07) is 7.74. The van der Waals surface area contributed by atoms with Gasteiger partial charge in [-0.3, -0.25) is 0 Å². The maximum absolute atomic E-state index is 4.87. The zero-order valence-electron chi connectivity index (χ0n) is 4.74. The van der Waals surface area contributed by atoms with Crippen LogP contribution in [0.4, 0.5) is 0 Å². The Bertz CT molecular complexity index is 287. The summed E-state index contributed by atoms with van der Waals surface area (Å²) in [4.78, 5) is 0. The third kappa shape index (κ3) is 0.651. The fraction of sp³-hybridized carbons (Fsp3) is 0. The third-order valence-corrected chi connectivity index (χ3v) is 1.26. The molecule has 2 rings (SSSR count). The Labute approximate surface area is 52.7 Å². The van der Waals surface area contributed by atoms with Gasteiger partial charge in [0, 0.05) is 0 Å². The SMILES string of the molecule is b1noc2ccccc12. The molecule has 0 atom stereocenters. The van der Waals surface area contributed by atoms with Gasteiger partial charge in [0.1, 0.15) is 0 Å². The van der Waals surface area contributed by atoms with Crippen molar-refractivity contribution in [1.29, 1.82) is 0 Å². The van der Waals surface area contributed by atoms with Crippen LogP contribution in [0.3, 0.4) is 0 Å². The van der Waals surface area contributed by atoms with Crippen LogP contribution in [0.15, 0.2) is 28.8 Å². The monoisotopic (exact) mass is 117 g/mol. The standard InChI is InChI=1S/C6H4BNO/c1-2-4-6-5(3-1)7-8-9-6/h1-4H.